The Labute approximate surface area is 151 Å². The van der Waals surface area contributed by atoms with E-state index >= 15 is 0 Å². The summed E-state index contributed by atoms with van der Waals surface area (Å²) in [5, 5.41) is 10.4. The average Bonchev–Trinajstić information content (AvgIpc) is 3.23. The Morgan fingerprint density at radius 2 is 2.20 bits per heavy atom. The van der Waals surface area contributed by atoms with E-state index in [-0.39, 0.29) is 17.4 Å². The highest BCUT2D eigenvalue weighted by molar-refractivity contribution is 7.12. The fraction of sp³-hybridized carbons (Fsp3) is 0.611. The van der Waals surface area contributed by atoms with E-state index in [2.05, 4.69) is 36.0 Å². The van der Waals surface area contributed by atoms with E-state index in [1.165, 1.54) is 11.3 Å². The van der Waals surface area contributed by atoms with Gasteiger partial charge in [-0.1, -0.05) is 19.9 Å². The number of hydrogen-bond donors (Lipinski definition) is 0. The Balaban J connectivity index is 1.40. The third-order valence-electron chi connectivity index (χ3n) is 5.17. The predicted octanol–water partition coefficient (Wildman–Crippen LogP) is 2.85. The molecule has 7 heteroatoms. The van der Waals surface area contributed by atoms with Crippen LogP contribution in [0.25, 0.3) is 0 Å². The molecule has 6 nitrogen and oxygen atoms in total. The van der Waals surface area contributed by atoms with Crippen molar-refractivity contribution in [3.8, 4) is 0 Å². The largest absolute Gasteiger partial charge is 0.424 e. The number of rotatable bonds is 4. The molecule has 0 bridgehead atoms. The summed E-state index contributed by atoms with van der Waals surface area (Å²) in [6, 6.07) is 3.99. The molecule has 0 aromatic carbocycles. The number of thiophene rings is 1. The third-order valence-corrected chi connectivity index (χ3v) is 6.02. The molecule has 2 fully saturated rings. The molecule has 0 aliphatic carbocycles. The van der Waals surface area contributed by atoms with Gasteiger partial charge in [0.2, 0.25) is 11.8 Å². The molecule has 4 rings (SSSR count). The Morgan fingerprint density at radius 1 is 1.40 bits per heavy atom. The fourth-order valence-electron chi connectivity index (χ4n) is 4.07. The van der Waals surface area contributed by atoms with Crippen LogP contribution in [0.2, 0.25) is 0 Å². The lowest BCUT2D eigenvalue weighted by molar-refractivity contribution is 0.0119. The molecule has 1 spiro atoms. The molecular formula is C18H24N4O2S. The zero-order chi connectivity index (χ0) is 17.6. The highest BCUT2D eigenvalue weighted by Crippen LogP contribution is 2.47. The number of hydrogen-bond acceptors (Lipinski definition) is 6. The first-order valence-corrected chi connectivity index (χ1v) is 9.69. The molecule has 1 unspecified atom stereocenters. The molecule has 0 radical (unpaired) electrons. The molecule has 2 aromatic heterocycles. The Bertz CT molecular complexity index is 749. The normalized spacial score (nSPS) is 22.7. The number of carbonyl (C=O) groups is 1. The lowest BCUT2D eigenvalue weighted by Gasteiger charge is -2.47. The molecule has 1 amide bonds. The van der Waals surface area contributed by atoms with Crippen molar-refractivity contribution in [1.82, 2.24) is 20.0 Å². The van der Waals surface area contributed by atoms with Crippen molar-refractivity contribution in [2.24, 2.45) is 11.3 Å². The monoisotopic (exact) mass is 360 g/mol. The number of nitrogens with zero attached hydrogens (tertiary/aromatic N) is 4. The van der Waals surface area contributed by atoms with Gasteiger partial charge in [-0.05, 0) is 30.8 Å². The number of aromatic nitrogens is 2. The van der Waals surface area contributed by atoms with Crippen LogP contribution < -0.4 is 0 Å². The topological polar surface area (TPSA) is 62.5 Å². The molecule has 25 heavy (non-hydrogen) atoms. The van der Waals surface area contributed by atoms with E-state index < -0.39 is 0 Å². The summed E-state index contributed by atoms with van der Waals surface area (Å²) < 4.78 is 5.90. The second-order valence-corrected chi connectivity index (χ2v) is 8.85. The van der Waals surface area contributed by atoms with Crippen LogP contribution in [0.4, 0.5) is 0 Å². The number of likely N-dealkylation sites (tertiary alicyclic amines) is 2. The van der Waals surface area contributed by atoms with E-state index in [9.17, 15) is 4.79 Å². The van der Waals surface area contributed by atoms with Gasteiger partial charge in [-0.3, -0.25) is 9.69 Å². The maximum absolute atomic E-state index is 12.4. The minimum Gasteiger partial charge on any atom is -0.424 e. The molecule has 0 N–H and O–H groups in total. The van der Waals surface area contributed by atoms with Gasteiger partial charge >= 0.3 is 0 Å². The Hall–Kier alpha value is -1.73. The average molecular weight is 360 g/mol. The number of amides is 1. The quantitative estimate of drug-likeness (QED) is 0.839. The predicted molar refractivity (Wildman–Crippen MR) is 95.5 cm³/mol. The summed E-state index contributed by atoms with van der Waals surface area (Å²) in [6.45, 7) is 6.89. The van der Waals surface area contributed by atoms with Crippen LogP contribution in [0, 0.1) is 11.3 Å². The SMILES string of the molecule is CC(C)Cc1nnc(C2CC3(CN(C(=O)c4cccs4)C3)CN2C)o1. The minimum absolute atomic E-state index is 0.156. The molecular weight excluding hydrogens is 336 g/mol. The summed E-state index contributed by atoms with van der Waals surface area (Å²) >= 11 is 1.51. The highest BCUT2D eigenvalue weighted by atomic mass is 32.1. The van der Waals surface area contributed by atoms with Crippen molar-refractivity contribution in [3.63, 3.8) is 0 Å². The van der Waals surface area contributed by atoms with Gasteiger partial charge in [-0.25, -0.2) is 0 Å². The summed E-state index contributed by atoms with van der Waals surface area (Å²) in [4.78, 5) is 17.5. The van der Waals surface area contributed by atoms with E-state index in [0.29, 0.717) is 5.92 Å². The van der Waals surface area contributed by atoms with Crippen LogP contribution in [0.3, 0.4) is 0 Å². The zero-order valence-electron chi connectivity index (χ0n) is 14.9. The molecule has 2 aliphatic rings. The standard InChI is InChI=1S/C18H24N4O2S/c1-12(2)7-15-19-20-16(24-15)13-8-18(9-21(13)3)10-22(11-18)17(23)14-5-4-6-25-14/h4-6,12-13H,7-11H2,1-3H3. The maximum atomic E-state index is 12.4. The summed E-state index contributed by atoms with van der Waals surface area (Å²) in [6.07, 6.45) is 1.79. The van der Waals surface area contributed by atoms with Crippen molar-refractivity contribution < 1.29 is 9.21 Å². The van der Waals surface area contributed by atoms with Crippen LogP contribution >= 0.6 is 11.3 Å². The van der Waals surface area contributed by atoms with Crippen LogP contribution in [-0.2, 0) is 6.42 Å². The highest BCUT2D eigenvalue weighted by Gasteiger charge is 2.53. The first-order chi connectivity index (χ1) is 12.0. The molecule has 4 heterocycles. The second kappa shape index (κ2) is 6.21. The Kier molecular flexibility index (Phi) is 4.16. The van der Waals surface area contributed by atoms with Crippen LogP contribution in [0.15, 0.2) is 21.9 Å². The molecule has 134 valence electrons. The van der Waals surface area contributed by atoms with Crippen molar-refractivity contribution in [3.05, 3.63) is 34.2 Å². The molecule has 2 aromatic rings. The van der Waals surface area contributed by atoms with Crippen molar-refractivity contribution in [2.75, 3.05) is 26.7 Å². The first kappa shape index (κ1) is 16.7. The molecule has 1 atom stereocenters. The van der Waals surface area contributed by atoms with Crippen molar-refractivity contribution in [1.29, 1.82) is 0 Å². The van der Waals surface area contributed by atoms with Gasteiger partial charge in [-0.2, -0.15) is 0 Å². The van der Waals surface area contributed by atoms with Crippen molar-refractivity contribution >= 4 is 17.2 Å². The van der Waals surface area contributed by atoms with Gasteiger partial charge in [0.25, 0.3) is 5.91 Å². The van der Waals surface area contributed by atoms with Gasteiger partial charge in [0.05, 0.1) is 10.9 Å². The molecule has 2 aliphatic heterocycles. The summed E-state index contributed by atoms with van der Waals surface area (Å²) in [7, 11) is 2.11. The second-order valence-electron chi connectivity index (χ2n) is 7.91. The van der Waals surface area contributed by atoms with Crippen LogP contribution in [0.1, 0.15) is 47.8 Å². The first-order valence-electron chi connectivity index (χ1n) is 8.81. The number of carbonyl (C=O) groups excluding carboxylic acids is 1. The van der Waals surface area contributed by atoms with Gasteiger partial charge in [0.1, 0.15) is 0 Å². The van der Waals surface area contributed by atoms with Gasteiger partial charge in [-0.15, -0.1) is 21.5 Å². The Morgan fingerprint density at radius 3 is 2.88 bits per heavy atom. The zero-order valence-corrected chi connectivity index (χ0v) is 15.8. The van der Waals surface area contributed by atoms with E-state index in [0.717, 1.165) is 49.1 Å². The molecule has 2 saturated heterocycles. The smallest absolute Gasteiger partial charge is 0.263 e. The van der Waals surface area contributed by atoms with E-state index in [4.69, 9.17) is 4.42 Å². The van der Waals surface area contributed by atoms with Crippen LogP contribution in [0.5, 0.6) is 0 Å². The lowest BCUT2D eigenvalue weighted by Crippen LogP contribution is -2.59. The van der Waals surface area contributed by atoms with Gasteiger partial charge in [0, 0.05) is 31.5 Å². The maximum Gasteiger partial charge on any atom is 0.263 e. The van der Waals surface area contributed by atoms with E-state index in [1.54, 1.807) is 0 Å². The fourth-order valence-corrected chi connectivity index (χ4v) is 4.76. The minimum atomic E-state index is 0.156. The van der Waals surface area contributed by atoms with E-state index in [1.807, 2.05) is 22.4 Å². The summed E-state index contributed by atoms with van der Waals surface area (Å²) in [5.41, 5.74) is 0.166. The van der Waals surface area contributed by atoms with Gasteiger partial charge < -0.3 is 9.32 Å². The van der Waals surface area contributed by atoms with Gasteiger partial charge in [0.15, 0.2) is 0 Å². The molecule has 0 saturated carbocycles. The lowest BCUT2D eigenvalue weighted by atomic mass is 9.77. The van der Waals surface area contributed by atoms with Crippen LogP contribution in [-0.4, -0.2) is 52.6 Å². The third kappa shape index (κ3) is 3.11. The summed E-state index contributed by atoms with van der Waals surface area (Å²) in [5.74, 6) is 2.11. The van der Waals surface area contributed by atoms with Crippen molar-refractivity contribution in [2.45, 2.75) is 32.7 Å².